The van der Waals surface area contributed by atoms with Gasteiger partial charge in [0.1, 0.15) is 0 Å². The summed E-state index contributed by atoms with van der Waals surface area (Å²) < 4.78 is 41.0. The third-order valence-corrected chi connectivity index (χ3v) is 4.96. The highest BCUT2D eigenvalue weighted by Crippen LogP contribution is 2.36. The molecule has 0 unspecified atom stereocenters. The maximum atomic E-state index is 13.0. The summed E-state index contributed by atoms with van der Waals surface area (Å²) in [7, 11) is 0. The van der Waals surface area contributed by atoms with E-state index in [0.717, 1.165) is 22.7 Å². The second-order valence-electron chi connectivity index (χ2n) is 6.44. The van der Waals surface area contributed by atoms with Crippen LogP contribution in [0.4, 0.5) is 24.5 Å². The molecule has 0 atom stereocenters. The number of nitrogens with zero attached hydrogens (tertiary/aromatic N) is 2. The first-order chi connectivity index (χ1) is 14.3. The molecule has 4 aromatic rings. The molecule has 0 aliphatic rings. The maximum Gasteiger partial charge on any atom is 0.417 e. The lowest BCUT2D eigenvalue weighted by Gasteiger charge is -2.14. The summed E-state index contributed by atoms with van der Waals surface area (Å²) in [6, 6.07) is 14.9. The van der Waals surface area contributed by atoms with Crippen LogP contribution in [0.3, 0.4) is 0 Å². The maximum absolute atomic E-state index is 13.0. The van der Waals surface area contributed by atoms with E-state index in [1.54, 1.807) is 12.4 Å². The molecule has 0 radical (unpaired) electrons. The number of fused-ring (bicyclic) bond motifs is 1. The summed E-state index contributed by atoms with van der Waals surface area (Å²) in [6.45, 7) is 0. The minimum absolute atomic E-state index is 0.161. The van der Waals surface area contributed by atoms with Gasteiger partial charge in [-0.05, 0) is 66.8 Å². The van der Waals surface area contributed by atoms with Gasteiger partial charge >= 0.3 is 6.18 Å². The monoisotopic (exact) mass is 446 g/mol. The fraction of sp³-hybridized carbons (Fsp3) is 0.0476. The van der Waals surface area contributed by atoms with Crippen molar-refractivity contribution in [2.24, 2.45) is 0 Å². The number of alkyl halides is 3. The Labute approximate surface area is 180 Å². The molecular weight excluding hydrogens is 433 g/mol. The fourth-order valence-electron chi connectivity index (χ4n) is 3.02. The van der Waals surface area contributed by atoms with Crippen LogP contribution >= 0.6 is 23.8 Å². The molecule has 0 bridgehead atoms. The van der Waals surface area contributed by atoms with Crippen molar-refractivity contribution in [1.29, 1.82) is 0 Å². The second kappa shape index (κ2) is 7.97. The standard InChI is InChI=1S/C21H14ClF3N4S/c22-18-6-3-15(11-17(18)21(23,24)25)28-20(30)27-14-1-4-16(5-2-14)29-10-8-13-7-9-26-12-19(13)29/h1-12H,(H2,27,28,30). The van der Waals surface area contributed by atoms with Crippen molar-refractivity contribution in [3.8, 4) is 5.69 Å². The number of rotatable bonds is 3. The predicted molar refractivity (Wildman–Crippen MR) is 117 cm³/mol. The van der Waals surface area contributed by atoms with Crippen molar-refractivity contribution in [3.05, 3.63) is 83.8 Å². The van der Waals surface area contributed by atoms with Gasteiger partial charge in [0.15, 0.2) is 5.11 Å². The SMILES string of the molecule is FC(F)(F)c1cc(NC(=S)Nc2ccc(-n3ccc4ccncc43)cc2)ccc1Cl. The first kappa shape index (κ1) is 20.2. The fourth-order valence-corrected chi connectivity index (χ4v) is 3.48. The molecule has 0 saturated carbocycles. The lowest BCUT2D eigenvalue weighted by atomic mass is 10.2. The minimum Gasteiger partial charge on any atom is -0.332 e. The van der Waals surface area contributed by atoms with Gasteiger partial charge in [-0.3, -0.25) is 4.98 Å². The molecule has 2 heterocycles. The summed E-state index contributed by atoms with van der Waals surface area (Å²) in [6.07, 6.45) is 0.950. The molecule has 0 amide bonds. The van der Waals surface area contributed by atoms with Gasteiger partial charge in [-0.15, -0.1) is 0 Å². The van der Waals surface area contributed by atoms with Crippen LogP contribution in [0.5, 0.6) is 0 Å². The Kier molecular flexibility index (Phi) is 5.36. The Morgan fingerprint density at radius 1 is 0.967 bits per heavy atom. The van der Waals surface area contributed by atoms with Gasteiger partial charge in [0.05, 0.1) is 22.3 Å². The third-order valence-electron chi connectivity index (χ3n) is 4.43. The van der Waals surface area contributed by atoms with Gasteiger partial charge in [0, 0.05) is 34.8 Å². The molecule has 9 heteroatoms. The average molecular weight is 447 g/mol. The third kappa shape index (κ3) is 4.24. The van der Waals surface area contributed by atoms with Crippen LogP contribution in [0, 0.1) is 0 Å². The summed E-state index contributed by atoms with van der Waals surface area (Å²) in [5.74, 6) is 0. The molecule has 0 spiro atoms. The molecule has 2 aromatic carbocycles. The van der Waals surface area contributed by atoms with Crippen LogP contribution < -0.4 is 10.6 Å². The Morgan fingerprint density at radius 2 is 1.67 bits per heavy atom. The number of halogens is 4. The number of anilines is 2. The van der Waals surface area contributed by atoms with Crippen molar-refractivity contribution < 1.29 is 13.2 Å². The molecule has 0 aliphatic carbocycles. The van der Waals surface area contributed by atoms with Crippen LogP contribution in [0.2, 0.25) is 5.02 Å². The number of pyridine rings is 1. The van der Waals surface area contributed by atoms with Gasteiger partial charge in [0.2, 0.25) is 0 Å². The average Bonchev–Trinajstić information content (AvgIpc) is 3.13. The number of thiocarbonyl (C=S) groups is 1. The van der Waals surface area contributed by atoms with E-state index in [2.05, 4.69) is 15.6 Å². The molecule has 2 aromatic heterocycles. The summed E-state index contributed by atoms with van der Waals surface area (Å²) in [5, 5.41) is 6.58. The van der Waals surface area contributed by atoms with Gasteiger partial charge in [-0.25, -0.2) is 0 Å². The topological polar surface area (TPSA) is 41.9 Å². The number of hydrogen-bond acceptors (Lipinski definition) is 2. The molecule has 0 aliphatic heterocycles. The summed E-state index contributed by atoms with van der Waals surface area (Å²) in [4.78, 5) is 4.16. The van der Waals surface area contributed by atoms with Crippen LogP contribution in [-0.2, 0) is 6.18 Å². The number of hydrogen-bond donors (Lipinski definition) is 2. The van der Waals surface area contributed by atoms with E-state index in [1.807, 2.05) is 47.2 Å². The van der Waals surface area contributed by atoms with E-state index in [4.69, 9.17) is 23.8 Å². The zero-order valence-electron chi connectivity index (χ0n) is 15.2. The van der Waals surface area contributed by atoms with E-state index >= 15 is 0 Å². The first-order valence-corrected chi connectivity index (χ1v) is 9.56. The lowest BCUT2D eigenvalue weighted by molar-refractivity contribution is -0.137. The predicted octanol–water partition coefficient (Wildman–Crippen LogP) is 6.51. The molecule has 0 fully saturated rings. The highest BCUT2D eigenvalue weighted by atomic mass is 35.5. The highest BCUT2D eigenvalue weighted by Gasteiger charge is 2.33. The van der Waals surface area contributed by atoms with E-state index in [-0.39, 0.29) is 15.8 Å². The normalized spacial score (nSPS) is 11.5. The smallest absolute Gasteiger partial charge is 0.332 e. The largest absolute Gasteiger partial charge is 0.417 e. The Bertz CT molecular complexity index is 1220. The van der Waals surface area contributed by atoms with Gasteiger partial charge in [-0.1, -0.05) is 11.6 Å². The van der Waals surface area contributed by atoms with E-state index in [0.29, 0.717) is 5.69 Å². The Hall–Kier alpha value is -3.10. The first-order valence-electron chi connectivity index (χ1n) is 8.77. The van der Waals surface area contributed by atoms with Crippen molar-refractivity contribution in [2.45, 2.75) is 6.18 Å². The van der Waals surface area contributed by atoms with Crippen molar-refractivity contribution in [2.75, 3.05) is 10.6 Å². The Morgan fingerprint density at radius 3 is 2.40 bits per heavy atom. The Balaban J connectivity index is 1.47. The van der Waals surface area contributed by atoms with Gasteiger partial charge < -0.3 is 15.2 Å². The van der Waals surface area contributed by atoms with Crippen molar-refractivity contribution in [1.82, 2.24) is 9.55 Å². The van der Waals surface area contributed by atoms with Crippen LogP contribution in [0.25, 0.3) is 16.6 Å². The molecular formula is C21H14ClF3N4S. The lowest BCUT2D eigenvalue weighted by Crippen LogP contribution is -2.19. The van der Waals surface area contributed by atoms with Crippen molar-refractivity contribution in [3.63, 3.8) is 0 Å². The highest BCUT2D eigenvalue weighted by molar-refractivity contribution is 7.80. The van der Waals surface area contributed by atoms with Crippen LogP contribution in [0.15, 0.2) is 73.2 Å². The molecule has 4 rings (SSSR count). The number of nitrogens with one attached hydrogen (secondary N) is 2. The van der Waals surface area contributed by atoms with E-state index < -0.39 is 11.7 Å². The molecule has 30 heavy (non-hydrogen) atoms. The quantitative estimate of drug-likeness (QED) is 0.352. The zero-order chi connectivity index (χ0) is 21.3. The molecule has 4 nitrogen and oxygen atoms in total. The number of benzene rings is 2. The van der Waals surface area contributed by atoms with Gasteiger partial charge in [-0.2, -0.15) is 13.2 Å². The number of aromatic nitrogens is 2. The summed E-state index contributed by atoms with van der Waals surface area (Å²) in [5.41, 5.74) is 1.88. The van der Waals surface area contributed by atoms with Gasteiger partial charge in [0.25, 0.3) is 0 Å². The van der Waals surface area contributed by atoms with E-state index in [1.165, 1.54) is 12.1 Å². The van der Waals surface area contributed by atoms with Crippen LogP contribution in [-0.4, -0.2) is 14.7 Å². The molecule has 2 N–H and O–H groups in total. The second-order valence-corrected chi connectivity index (χ2v) is 7.25. The van der Waals surface area contributed by atoms with Crippen LogP contribution in [0.1, 0.15) is 5.56 Å². The van der Waals surface area contributed by atoms with E-state index in [9.17, 15) is 13.2 Å². The summed E-state index contributed by atoms with van der Waals surface area (Å²) >= 11 is 10.9. The zero-order valence-corrected chi connectivity index (χ0v) is 16.8. The minimum atomic E-state index is -4.54. The van der Waals surface area contributed by atoms with Crippen molar-refractivity contribution >= 4 is 51.2 Å². The molecule has 152 valence electrons. The molecule has 0 saturated heterocycles.